The van der Waals surface area contributed by atoms with Crippen LogP contribution in [0.3, 0.4) is 0 Å². The van der Waals surface area contributed by atoms with Gasteiger partial charge in [-0.15, -0.1) is 10.2 Å². The molecule has 0 saturated heterocycles. The maximum absolute atomic E-state index is 12.6. The predicted molar refractivity (Wildman–Crippen MR) is 121 cm³/mol. The summed E-state index contributed by atoms with van der Waals surface area (Å²) in [7, 11) is 1.64. The van der Waals surface area contributed by atoms with Gasteiger partial charge in [-0.3, -0.25) is 4.79 Å². The molecule has 0 radical (unpaired) electrons. The van der Waals surface area contributed by atoms with Gasteiger partial charge in [0.2, 0.25) is 5.91 Å². The first-order valence-corrected chi connectivity index (χ1v) is 11.1. The molecule has 0 saturated carbocycles. The second-order valence-corrected chi connectivity index (χ2v) is 7.95. The van der Waals surface area contributed by atoms with E-state index in [2.05, 4.69) is 53.6 Å². The number of carbonyl (C=O) groups is 1. The molecule has 1 aromatic heterocycles. The maximum atomic E-state index is 12.6. The largest absolute Gasteiger partial charge is 0.497 e. The minimum Gasteiger partial charge on any atom is -0.497 e. The lowest BCUT2D eigenvalue weighted by molar-refractivity contribution is -0.119. The van der Waals surface area contributed by atoms with Crippen LogP contribution in [0.1, 0.15) is 37.4 Å². The second kappa shape index (κ2) is 10.3. The lowest BCUT2D eigenvalue weighted by Crippen LogP contribution is -2.29. The van der Waals surface area contributed by atoms with Crippen molar-refractivity contribution in [3.05, 3.63) is 59.7 Å². The Bertz CT molecular complexity index is 968. The van der Waals surface area contributed by atoms with Crippen molar-refractivity contribution in [3.8, 4) is 17.1 Å². The van der Waals surface area contributed by atoms with Crippen molar-refractivity contribution in [1.82, 2.24) is 20.1 Å². The average Bonchev–Trinajstić information content (AvgIpc) is 3.19. The minimum atomic E-state index is -0.0101. The van der Waals surface area contributed by atoms with E-state index in [4.69, 9.17) is 4.74 Å². The van der Waals surface area contributed by atoms with E-state index < -0.39 is 0 Å². The third-order valence-electron chi connectivity index (χ3n) is 4.94. The van der Waals surface area contributed by atoms with Crippen molar-refractivity contribution < 1.29 is 9.53 Å². The van der Waals surface area contributed by atoms with E-state index in [-0.39, 0.29) is 11.9 Å². The van der Waals surface area contributed by atoms with E-state index in [0.29, 0.717) is 5.75 Å². The monoisotopic (exact) mass is 424 g/mol. The van der Waals surface area contributed by atoms with Gasteiger partial charge in [-0.25, -0.2) is 0 Å². The predicted octanol–water partition coefficient (Wildman–Crippen LogP) is 4.64. The minimum absolute atomic E-state index is 0.0101. The van der Waals surface area contributed by atoms with Crippen LogP contribution >= 0.6 is 11.8 Å². The molecule has 7 heteroatoms. The molecule has 1 heterocycles. The zero-order valence-electron chi connectivity index (χ0n) is 17.9. The highest BCUT2D eigenvalue weighted by atomic mass is 32.2. The number of hydrogen-bond acceptors (Lipinski definition) is 5. The number of aromatic nitrogens is 3. The molecule has 0 bridgehead atoms. The first-order chi connectivity index (χ1) is 14.5. The molecule has 158 valence electrons. The number of hydrogen-bond donors (Lipinski definition) is 1. The summed E-state index contributed by atoms with van der Waals surface area (Å²) in [5.74, 6) is 1.87. The molecule has 0 spiro atoms. The topological polar surface area (TPSA) is 69.0 Å². The Labute approximate surface area is 182 Å². The number of benzene rings is 2. The molecule has 0 unspecified atom stereocenters. The highest BCUT2D eigenvalue weighted by molar-refractivity contribution is 7.99. The van der Waals surface area contributed by atoms with E-state index in [1.165, 1.54) is 17.3 Å². The molecule has 0 aliphatic heterocycles. The van der Waals surface area contributed by atoms with Crippen LogP contribution in [-0.2, 0) is 11.3 Å². The molecular formula is C23H28N4O2S. The normalized spacial score (nSPS) is 11.9. The molecule has 30 heavy (non-hydrogen) atoms. The number of rotatable bonds is 9. The van der Waals surface area contributed by atoms with Crippen LogP contribution in [0.2, 0.25) is 0 Å². The Morgan fingerprint density at radius 1 is 1.10 bits per heavy atom. The summed E-state index contributed by atoms with van der Waals surface area (Å²) < 4.78 is 7.24. The van der Waals surface area contributed by atoms with Crippen LogP contribution in [0.5, 0.6) is 5.75 Å². The number of thioether (sulfide) groups is 1. The summed E-state index contributed by atoms with van der Waals surface area (Å²) >= 11 is 1.41. The lowest BCUT2D eigenvalue weighted by atomic mass is 10.0. The van der Waals surface area contributed by atoms with Gasteiger partial charge in [0.25, 0.3) is 0 Å². The molecule has 0 fully saturated rings. The number of carbonyl (C=O) groups excluding carboxylic acids is 1. The SMILES string of the molecule is CC[C@@H](NC(=O)CSc1nnc(-c2ccc(OC)cc2)n1CC)c1ccc(C)cc1. The fourth-order valence-corrected chi connectivity index (χ4v) is 4.03. The summed E-state index contributed by atoms with van der Waals surface area (Å²) in [6.45, 7) is 6.90. The zero-order chi connectivity index (χ0) is 21.5. The molecule has 3 aromatic rings. The van der Waals surface area contributed by atoms with Gasteiger partial charge in [-0.1, -0.05) is 48.5 Å². The first-order valence-electron chi connectivity index (χ1n) is 10.1. The molecule has 2 aromatic carbocycles. The van der Waals surface area contributed by atoms with Gasteiger partial charge in [-0.2, -0.15) is 0 Å². The number of nitrogens with one attached hydrogen (secondary N) is 1. The summed E-state index contributed by atoms with van der Waals surface area (Å²) in [5, 5.41) is 12.5. The fourth-order valence-electron chi connectivity index (χ4n) is 3.22. The average molecular weight is 425 g/mol. The summed E-state index contributed by atoms with van der Waals surface area (Å²) in [4.78, 5) is 12.6. The highest BCUT2D eigenvalue weighted by Gasteiger charge is 2.17. The first kappa shape index (κ1) is 21.9. The molecule has 1 amide bonds. The van der Waals surface area contributed by atoms with Crippen LogP contribution in [-0.4, -0.2) is 33.5 Å². The number of aryl methyl sites for hydroxylation is 1. The molecule has 6 nitrogen and oxygen atoms in total. The van der Waals surface area contributed by atoms with Crippen molar-refractivity contribution in [2.45, 2.75) is 44.9 Å². The maximum Gasteiger partial charge on any atom is 0.230 e. The Kier molecular flexibility index (Phi) is 7.52. The van der Waals surface area contributed by atoms with Gasteiger partial charge < -0.3 is 14.6 Å². The van der Waals surface area contributed by atoms with Gasteiger partial charge in [0.15, 0.2) is 11.0 Å². The van der Waals surface area contributed by atoms with Gasteiger partial charge in [0.05, 0.1) is 18.9 Å². The molecule has 0 aliphatic carbocycles. The van der Waals surface area contributed by atoms with Crippen LogP contribution in [0, 0.1) is 6.92 Å². The number of ether oxygens (including phenoxy) is 1. The molecule has 0 aliphatic rings. The van der Waals surface area contributed by atoms with Gasteiger partial charge >= 0.3 is 0 Å². The second-order valence-electron chi connectivity index (χ2n) is 7.01. The smallest absolute Gasteiger partial charge is 0.230 e. The van der Waals surface area contributed by atoms with Crippen molar-refractivity contribution >= 4 is 17.7 Å². The molecule has 1 atom stereocenters. The molecule has 3 rings (SSSR count). The highest BCUT2D eigenvalue weighted by Crippen LogP contribution is 2.26. The number of nitrogens with zero attached hydrogens (tertiary/aromatic N) is 3. The fraction of sp³-hybridized carbons (Fsp3) is 0.348. The van der Waals surface area contributed by atoms with Crippen LogP contribution in [0.4, 0.5) is 0 Å². The van der Waals surface area contributed by atoms with Gasteiger partial charge in [0, 0.05) is 12.1 Å². The molecular weight excluding hydrogens is 396 g/mol. The van der Waals surface area contributed by atoms with E-state index in [9.17, 15) is 4.79 Å². The van der Waals surface area contributed by atoms with Crippen LogP contribution in [0.15, 0.2) is 53.7 Å². The third kappa shape index (κ3) is 5.21. The third-order valence-corrected chi connectivity index (χ3v) is 5.90. The van der Waals surface area contributed by atoms with Crippen molar-refractivity contribution in [1.29, 1.82) is 0 Å². The summed E-state index contributed by atoms with van der Waals surface area (Å²) in [6, 6.07) is 16.0. The summed E-state index contributed by atoms with van der Waals surface area (Å²) in [6.07, 6.45) is 0.840. The Balaban J connectivity index is 1.65. The van der Waals surface area contributed by atoms with E-state index in [1.54, 1.807) is 7.11 Å². The van der Waals surface area contributed by atoms with Gasteiger partial charge in [0.1, 0.15) is 5.75 Å². The van der Waals surface area contributed by atoms with Crippen molar-refractivity contribution in [2.75, 3.05) is 12.9 Å². The van der Waals surface area contributed by atoms with E-state index >= 15 is 0 Å². The van der Waals surface area contributed by atoms with Crippen LogP contribution in [0.25, 0.3) is 11.4 Å². The lowest BCUT2D eigenvalue weighted by Gasteiger charge is -2.17. The summed E-state index contributed by atoms with van der Waals surface area (Å²) in [5.41, 5.74) is 3.30. The standard InChI is InChI=1S/C23H28N4O2S/c1-5-20(17-9-7-16(3)8-10-17)24-21(28)15-30-23-26-25-22(27(23)6-2)18-11-13-19(29-4)14-12-18/h7-14,20H,5-6,15H2,1-4H3,(H,24,28)/t20-/m1/s1. The Hall–Kier alpha value is -2.80. The van der Waals surface area contributed by atoms with E-state index in [1.807, 2.05) is 35.8 Å². The Morgan fingerprint density at radius 2 is 1.80 bits per heavy atom. The quantitative estimate of drug-likeness (QED) is 0.507. The number of amides is 1. The zero-order valence-corrected chi connectivity index (χ0v) is 18.7. The van der Waals surface area contributed by atoms with Crippen molar-refractivity contribution in [2.24, 2.45) is 0 Å². The van der Waals surface area contributed by atoms with Crippen LogP contribution < -0.4 is 10.1 Å². The van der Waals surface area contributed by atoms with E-state index in [0.717, 1.165) is 40.8 Å². The number of methoxy groups -OCH3 is 1. The van der Waals surface area contributed by atoms with Gasteiger partial charge in [-0.05, 0) is 50.1 Å². The van der Waals surface area contributed by atoms with Crippen molar-refractivity contribution in [3.63, 3.8) is 0 Å². The Morgan fingerprint density at radius 3 is 2.40 bits per heavy atom. The molecule has 1 N–H and O–H groups in total.